The molecule has 2 aliphatic heterocycles. The average molecular weight is 504 g/mol. The van der Waals surface area contributed by atoms with Crippen LogP contribution in [0.15, 0.2) is 60.9 Å². The summed E-state index contributed by atoms with van der Waals surface area (Å²) in [4.78, 5) is 26.9. The Morgan fingerprint density at radius 1 is 1.00 bits per heavy atom. The van der Waals surface area contributed by atoms with E-state index < -0.39 is 0 Å². The number of anilines is 1. The molecule has 7 heteroatoms. The van der Waals surface area contributed by atoms with Gasteiger partial charge in [0.15, 0.2) is 0 Å². The highest BCUT2D eigenvalue weighted by Crippen LogP contribution is 2.27. The van der Waals surface area contributed by atoms with E-state index in [0.717, 1.165) is 68.6 Å². The molecule has 4 heterocycles. The molecule has 0 radical (unpaired) electrons. The molecule has 0 saturated carbocycles. The number of nitrogens with zero attached hydrogens (tertiary/aromatic N) is 4. The number of amides is 1. The smallest absolute Gasteiger partial charge is 0.251 e. The molecule has 6 nitrogen and oxygen atoms in total. The molecule has 3 aromatic rings. The second-order valence-electron chi connectivity index (χ2n) is 10.1. The Balaban J connectivity index is 1.11. The van der Waals surface area contributed by atoms with E-state index in [1.54, 1.807) is 18.3 Å². The molecule has 1 N–H and O–H groups in total. The quantitative estimate of drug-likeness (QED) is 0.486. The maximum absolute atomic E-state index is 13.0. The first-order valence-electron chi connectivity index (χ1n) is 13.0. The molecule has 0 bridgehead atoms. The Kier molecular flexibility index (Phi) is 7.83. The first-order chi connectivity index (χ1) is 17.5. The Bertz CT molecular complexity index is 1150. The standard InChI is InChI=1S/C29H34ClN5O/c1-21-9-16-35(17-10-21)28-8-5-22(19-32-28)20-34-14-11-24(12-15-34)33-29(36)23-6-7-26(30)25(18-23)27-4-2-3-13-31-27/h2-8,13,18-19,21,24H,9-12,14-17,20H2,1H3,(H,33,36). The number of carbonyl (C=O) groups excluding carboxylic acids is 1. The van der Waals surface area contributed by atoms with E-state index >= 15 is 0 Å². The van der Waals surface area contributed by atoms with Gasteiger partial charge < -0.3 is 10.2 Å². The largest absolute Gasteiger partial charge is 0.357 e. The van der Waals surface area contributed by atoms with Gasteiger partial charge in [-0.15, -0.1) is 0 Å². The zero-order valence-electron chi connectivity index (χ0n) is 20.9. The summed E-state index contributed by atoms with van der Waals surface area (Å²) in [5.74, 6) is 1.86. The Hall–Kier alpha value is -2.96. The van der Waals surface area contributed by atoms with E-state index in [1.165, 1.54) is 18.4 Å². The van der Waals surface area contributed by atoms with Crippen molar-refractivity contribution in [1.82, 2.24) is 20.2 Å². The van der Waals surface area contributed by atoms with Gasteiger partial charge in [-0.1, -0.05) is 30.7 Å². The first kappa shape index (κ1) is 24.7. The van der Waals surface area contributed by atoms with Crippen molar-refractivity contribution in [3.8, 4) is 11.3 Å². The van der Waals surface area contributed by atoms with Crippen LogP contribution in [0.4, 0.5) is 5.82 Å². The maximum Gasteiger partial charge on any atom is 0.251 e. The van der Waals surface area contributed by atoms with Crippen LogP contribution >= 0.6 is 11.6 Å². The number of pyridine rings is 2. The predicted molar refractivity (Wildman–Crippen MR) is 145 cm³/mol. The Morgan fingerprint density at radius 3 is 2.50 bits per heavy atom. The summed E-state index contributed by atoms with van der Waals surface area (Å²) in [5.41, 5.74) is 3.39. The minimum absolute atomic E-state index is 0.0609. The van der Waals surface area contributed by atoms with Crippen LogP contribution in [0.5, 0.6) is 0 Å². The van der Waals surface area contributed by atoms with E-state index in [0.29, 0.717) is 10.6 Å². The van der Waals surface area contributed by atoms with Gasteiger partial charge in [-0.25, -0.2) is 4.98 Å². The van der Waals surface area contributed by atoms with Gasteiger partial charge >= 0.3 is 0 Å². The van der Waals surface area contributed by atoms with Crippen molar-refractivity contribution in [2.24, 2.45) is 5.92 Å². The highest BCUT2D eigenvalue weighted by molar-refractivity contribution is 6.33. The van der Waals surface area contributed by atoms with Gasteiger partial charge in [-0.2, -0.15) is 0 Å². The fourth-order valence-electron chi connectivity index (χ4n) is 5.08. The topological polar surface area (TPSA) is 61.4 Å². The van der Waals surface area contributed by atoms with Gasteiger partial charge in [0, 0.05) is 62.3 Å². The second kappa shape index (κ2) is 11.4. The van der Waals surface area contributed by atoms with Crippen LogP contribution in [-0.4, -0.2) is 53.0 Å². The number of piperidine rings is 2. The summed E-state index contributed by atoms with van der Waals surface area (Å²) in [6, 6.07) is 15.6. The van der Waals surface area contributed by atoms with Crippen LogP contribution < -0.4 is 10.2 Å². The fraction of sp³-hybridized carbons (Fsp3) is 0.414. The molecule has 0 aliphatic carbocycles. The highest BCUT2D eigenvalue weighted by atomic mass is 35.5. The third-order valence-electron chi connectivity index (χ3n) is 7.42. The van der Waals surface area contributed by atoms with Crippen LogP contribution in [0.2, 0.25) is 5.02 Å². The van der Waals surface area contributed by atoms with Gasteiger partial charge in [-0.05, 0) is 73.6 Å². The molecule has 5 rings (SSSR count). The summed E-state index contributed by atoms with van der Waals surface area (Å²) in [6.07, 6.45) is 8.12. The van der Waals surface area contributed by atoms with Gasteiger partial charge in [0.1, 0.15) is 5.82 Å². The average Bonchev–Trinajstić information content (AvgIpc) is 2.91. The summed E-state index contributed by atoms with van der Waals surface area (Å²) in [6.45, 7) is 7.35. The molecule has 36 heavy (non-hydrogen) atoms. The summed E-state index contributed by atoms with van der Waals surface area (Å²) >= 11 is 6.38. The molecule has 1 amide bonds. The van der Waals surface area contributed by atoms with Gasteiger partial charge in [-0.3, -0.25) is 14.7 Å². The number of carbonyl (C=O) groups is 1. The van der Waals surface area contributed by atoms with E-state index in [1.807, 2.05) is 30.5 Å². The Labute approximate surface area is 218 Å². The maximum atomic E-state index is 13.0. The summed E-state index contributed by atoms with van der Waals surface area (Å²) in [5, 5.41) is 3.81. The van der Waals surface area contributed by atoms with Crippen molar-refractivity contribution in [2.45, 2.75) is 45.2 Å². The normalized spacial score (nSPS) is 17.8. The van der Waals surface area contributed by atoms with Gasteiger partial charge in [0.05, 0.1) is 10.7 Å². The van der Waals surface area contributed by atoms with Gasteiger partial charge in [0.25, 0.3) is 5.91 Å². The molecule has 0 atom stereocenters. The molecular formula is C29H34ClN5O. The lowest BCUT2D eigenvalue weighted by molar-refractivity contribution is 0.0909. The monoisotopic (exact) mass is 503 g/mol. The molecule has 1 aromatic carbocycles. The van der Waals surface area contributed by atoms with Crippen molar-refractivity contribution in [1.29, 1.82) is 0 Å². The van der Waals surface area contributed by atoms with Crippen molar-refractivity contribution < 1.29 is 4.79 Å². The number of nitrogens with one attached hydrogen (secondary N) is 1. The molecule has 188 valence electrons. The van der Waals surface area contributed by atoms with Gasteiger partial charge in [0.2, 0.25) is 0 Å². The Morgan fingerprint density at radius 2 is 1.81 bits per heavy atom. The number of rotatable bonds is 6. The summed E-state index contributed by atoms with van der Waals surface area (Å²) in [7, 11) is 0. The lowest BCUT2D eigenvalue weighted by Crippen LogP contribution is -2.44. The number of benzene rings is 1. The van der Waals surface area contributed by atoms with E-state index in [9.17, 15) is 4.79 Å². The lowest BCUT2D eigenvalue weighted by atomic mass is 9.99. The molecule has 2 fully saturated rings. The zero-order valence-corrected chi connectivity index (χ0v) is 21.6. The molecule has 0 unspecified atom stereocenters. The third kappa shape index (κ3) is 6.05. The van der Waals surface area contributed by atoms with Crippen molar-refractivity contribution in [3.05, 3.63) is 77.1 Å². The SMILES string of the molecule is CC1CCN(c2ccc(CN3CCC(NC(=O)c4ccc(Cl)c(-c5ccccn5)c4)CC3)cn2)CC1. The highest BCUT2D eigenvalue weighted by Gasteiger charge is 2.22. The van der Waals surface area contributed by atoms with E-state index in [4.69, 9.17) is 16.6 Å². The molecular weight excluding hydrogens is 470 g/mol. The van der Waals surface area contributed by atoms with Crippen LogP contribution in [0.3, 0.4) is 0 Å². The predicted octanol–water partition coefficient (Wildman–Crippen LogP) is 5.43. The first-order valence-corrected chi connectivity index (χ1v) is 13.4. The van der Waals surface area contributed by atoms with Crippen LogP contribution in [0, 0.1) is 5.92 Å². The lowest BCUT2D eigenvalue weighted by Gasteiger charge is -2.33. The van der Waals surface area contributed by atoms with Crippen LogP contribution in [-0.2, 0) is 6.54 Å². The molecule has 2 aliphatic rings. The van der Waals surface area contributed by atoms with Crippen molar-refractivity contribution >= 4 is 23.3 Å². The molecule has 0 spiro atoms. The van der Waals surface area contributed by atoms with Crippen LogP contribution in [0.25, 0.3) is 11.3 Å². The molecule has 2 aromatic heterocycles. The number of hydrogen-bond donors (Lipinski definition) is 1. The fourth-order valence-corrected chi connectivity index (χ4v) is 5.30. The summed E-state index contributed by atoms with van der Waals surface area (Å²) < 4.78 is 0. The van der Waals surface area contributed by atoms with Crippen molar-refractivity contribution in [2.75, 3.05) is 31.1 Å². The van der Waals surface area contributed by atoms with Crippen LogP contribution in [0.1, 0.15) is 48.5 Å². The molecule has 2 saturated heterocycles. The zero-order chi connectivity index (χ0) is 24.9. The number of aromatic nitrogens is 2. The number of halogens is 1. The second-order valence-corrected chi connectivity index (χ2v) is 10.5. The van der Waals surface area contributed by atoms with E-state index in [2.05, 4.69) is 39.2 Å². The minimum Gasteiger partial charge on any atom is -0.357 e. The van der Waals surface area contributed by atoms with E-state index in [-0.39, 0.29) is 11.9 Å². The minimum atomic E-state index is -0.0609. The number of hydrogen-bond acceptors (Lipinski definition) is 5. The number of likely N-dealkylation sites (tertiary alicyclic amines) is 1. The van der Waals surface area contributed by atoms with Crippen molar-refractivity contribution in [3.63, 3.8) is 0 Å². The third-order valence-corrected chi connectivity index (χ3v) is 7.74.